The van der Waals surface area contributed by atoms with Crippen LogP contribution in [0.15, 0.2) is 42.5 Å². The number of benzene rings is 2. The maximum absolute atomic E-state index is 12.4. The summed E-state index contributed by atoms with van der Waals surface area (Å²) in [5, 5.41) is 5.29. The molecule has 0 saturated carbocycles. The molecule has 0 heterocycles. The van der Waals surface area contributed by atoms with Crippen LogP contribution in [-0.4, -0.2) is 18.0 Å². The van der Waals surface area contributed by atoms with Crippen molar-refractivity contribution in [1.82, 2.24) is 5.32 Å². The van der Waals surface area contributed by atoms with Crippen molar-refractivity contribution in [3.63, 3.8) is 0 Å². The first-order chi connectivity index (χ1) is 10.5. The zero-order chi connectivity index (χ0) is 16.2. The first kappa shape index (κ1) is 16.5. The van der Waals surface area contributed by atoms with Crippen molar-refractivity contribution in [1.29, 1.82) is 0 Å². The Morgan fingerprint density at radius 2 is 1.91 bits per heavy atom. The monoisotopic (exact) mass is 299 g/mol. The van der Waals surface area contributed by atoms with Gasteiger partial charge in [0, 0.05) is 6.54 Å². The summed E-state index contributed by atoms with van der Waals surface area (Å²) in [7, 11) is 0. The van der Waals surface area contributed by atoms with Crippen molar-refractivity contribution in [3.8, 4) is 0 Å². The molecule has 2 rings (SSSR count). The van der Waals surface area contributed by atoms with E-state index in [0.717, 1.165) is 17.4 Å². The summed E-state index contributed by atoms with van der Waals surface area (Å²) < 4.78 is 0. The largest absolute Gasteiger partial charge is 0.346 e. The summed E-state index contributed by atoms with van der Waals surface area (Å²) in [5.41, 5.74) is 12.1. The number of nitrogens with two attached hydrogens (primary N) is 2. The first-order valence-corrected chi connectivity index (χ1v) is 7.76. The van der Waals surface area contributed by atoms with Gasteiger partial charge in [-0.1, -0.05) is 49.7 Å². The summed E-state index contributed by atoms with van der Waals surface area (Å²) in [4.78, 5) is 12.4. The normalized spacial score (nSPS) is 15.3. The van der Waals surface area contributed by atoms with E-state index in [1.807, 2.05) is 31.2 Å². The molecule has 0 fully saturated rings. The number of carbonyl (C=O) groups excluding carboxylic acids is 1. The van der Waals surface area contributed by atoms with Crippen LogP contribution in [0, 0.1) is 0 Å². The second-order valence-electron chi connectivity index (χ2n) is 6.04. The molecule has 1 amide bonds. The van der Waals surface area contributed by atoms with Gasteiger partial charge in [-0.15, -0.1) is 0 Å². The Morgan fingerprint density at radius 1 is 1.23 bits per heavy atom. The van der Waals surface area contributed by atoms with E-state index in [4.69, 9.17) is 11.5 Å². The molecule has 0 aliphatic carbocycles. The van der Waals surface area contributed by atoms with E-state index in [-0.39, 0.29) is 11.9 Å². The van der Waals surface area contributed by atoms with Crippen molar-refractivity contribution in [2.45, 2.75) is 38.3 Å². The number of nitrogens with one attached hydrogen (secondary N) is 1. The average Bonchev–Trinajstić information content (AvgIpc) is 2.51. The van der Waals surface area contributed by atoms with Gasteiger partial charge in [0.1, 0.15) is 0 Å². The fraction of sp³-hybridized carbons (Fsp3) is 0.389. The van der Waals surface area contributed by atoms with Gasteiger partial charge in [0.05, 0.1) is 11.6 Å². The maximum atomic E-state index is 12.4. The minimum absolute atomic E-state index is 0.155. The fourth-order valence-electron chi connectivity index (χ4n) is 2.66. The third kappa shape index (κ3) is 3.64. The lowest BCUT2D eigenvalue weighted by molar-refractivity contribution is -0.126. The minimum atomic E-state index is -0.862. The highest BCUT2D eigenvalue weighted by molar-refractivity contribution is 5.86. The molecule has 0 bridgehead atoms. The molecule has 0 radical (unpaired) electrons. The Bertz CT molecular complexity index is 652. The Labute approximate surface area is 131 Å². The molecule has 2 atom stereocenters. The zero-order valence-electron chi connectivity index (χ0n) is 13.3. The second kappa shape index (κ2) is 6.90. The summed E-state index contributed by atoms with van der Waals surface area (Å²) in [6.07, 6.45) is 1.51. The van der Waals surface area contributed by atoms with Crippen LogP contribution in [0.1, 0.15) is 38.3 Å². The molecule has 2 unspecified atom stereocenters. The SMILES string of the molecule is CCCC(C)(N)C(=O)NC(CN)c1ccc2ccccc2c1. The van der Waals surface area contributed by atoms with Gasteiger partial charge >= 0.3 is 0 Å². The molecule has 0 aliphatic heterocycles. The molecule has 0 spiro atoms. The topological polar surface area (TPSA) is 81.1 Å². The van der Waals surface area contributed by atoms with Gasteiger partial charge in [-0.25, -0.2) is 0 Å². The highest BCUT2D eigenvalue weighted by Crippen LogP contribution is 2.21. The molecule has 4 heteroatoms. The lowest BCUT2D eigenvalue weighted by Crippen LogP contribution is -2.53. The van der Waals surface area contributed by atoms with Crippen LogP contribution in [0.25, 0.3) is 10.8 Å². The van der Waals surface area contributed by atoms with Crippen LogP contribution in [0.4, 0.5) is 0 Å². The lowest BCUT2D eigenvalue weighted by Gasteiger charge is -2.27. The van der Waals surface area contributed by atoms with E-state index in [0.29, 0.717) is 13.0 Å². The Kier molecular flexibility index (Phi) is 5.16. The van der Waals surface area contributed by atoms with Crippen LogP contribution in [0.2, 0.25) is 0 Å². The molecule has 2 aromatic rings. The number of carbonyl (C=O) groups is 1. The Morgan fingerprint density at radius 3 is 2.55 bits per heavy atom. The van der Waals surface area contributed by atoms with Crippen molar-refractivity contribution in [2.24, 2.45) is 11.5 Å². The third-order valence-electron chi connectivity index (χ3n) is 4.00. The van der Waals surface area contributed by atoms with Gasteiger partial charge in [-0.3, -0.25) is 4.79 Å². The van der Waals surface area contributed by atoms with Crippen LogP contribution in [-0.2, 0) is 4.79 Å². The molecular weight excluding hydrogens is 274 g/mol. The van der Waals surface area contributed by atoms with E-state index in [1.54, 1.807) is 6.92 Å². The van der Waals surface area contributed by atoms with Crippen LogP contribution < -0.4 is 16.8 Å². The number of hydrogen-bond donors (Lipinski definition) is 3. The van der Waals surface area contributed by atoms with Gasteiger partial charge in [-0.2, -0.15) is 0 Å². The fourth-order valence-corrected chi connectivity index (χ4v) is 2.66. The third-order valence-corrected chi connectivity index (χ3v) is 4.00. The second-order valence-corrected chi connectivity index (χ2v) is 6.04. The number of hydrogen-bond acceptors (Lipinski definition) is 3. The van der Waals surface area contributed by atoms with E-state index in [1.165, 1.54) is 5.39 Å². The predicted octanol–water partition coefficient (Wildman–Crippen LogP) is 2.47. The molecule has 0 aliphatic rings. The van der Waals surface area contributed by atoms with E-state index < -0.39 is 5.54 Å². The predicted molar refractivity (Wildman–Crippen MR) is 91.4 cm³/mol. The number of amides is 1. The highest BCUT2D eigenvalue weighted by atomic mass is 16.2. The summed E-state index contributed by atoms with van der Waals surface area (Å²) in [5.74, 6) is -0.155. The summed E-state index contributed by atoms with van der Waals surface area (Å²) >= 11 is 0. The molecule has 0 saturated heterocycles. The molecule has 118 valence electrons. The van der Waals surface area contributed by atoms with E-state index in [9.17, 15) is 4.79 Å². The lowest BCUT2D eigenvalue weighted by atomic mass is 9.95. The molecular formula is C18H25N3O. The van der Waals surface area contributed by atoms with Crippen molar-refractivity contribution < 1.29 is 4.79 Å². The highest BCUT2D eigenvalue weighted by Gasteiger charge is 2.29. The molecule has 22 heavy (non-hydrogen) atoms. The summed E-state index contributed by atoms with van der Waals surface area (Å²) in [6, 6.07) is 14.0. The molecule has 0 aromatic heterocycles. The van der Waals surface area contributed by atoms with E-state index in [2.05, 4.69) is 23.5 Å². The van der Waals surface area contributed by atoms with Crippen molar-refractivity contribution >= 4 is 16.7 Å². The maximum Gasteiger partial charge on any atom is 0.240 e. The Balaban J connectivity index is 2.21. The summed E-state index contributed by atoms with van der Waals surface area (Å²) in [6.45, 7) is 4.12. The minimum Gasteiger partial charge on any atom is -0.346 e. The van der Waals surface area contributed by atoms with Crippen LogP contribution in [0.5, 0.6) is 0 Å². The Hall–Kier alpha value is -1.91. The van der Waals surface area contributed by atoms with Crippen LogP contribution >= 0.6 is 0 Å². The van der Waals surface area contributed by atoms with Crippen molar-refractivity contribution in [3.05, 3.63) is 48.0 Å². The van der Waals surface area contributed by atoms with E-state index >= 15 is 0 Å². The molecule has 4 nitrogen and oxygen atoms in total. The van der Waals surface area contributed by atoms with Gasteiger partial charge in [0.25, 0.3) is 0 Å². The van der Waals surface area contributed by atoms with Gasteiger partial charge in [0.2, 0.25) is 5.91 Å². The smallest absolute Gasteiger partial charge is 0.240 e. The standard InChI is InChI=1S/C18H25N3O/c1-3-10-18(2,20)17(22)21-16(12-19)15-9-8-13-6-4-5-7-14(13)11-15/h4-9,11,16H,3,10,12,19-20H2,1-2H3,(H,21,22). The zero-order valence-corrected chi connectivity index (χ0v) is 13.3. The van der Waals surface area contributed by atoms with Gasteiger partial charge in [-0.05, 0) is 35.7 Å². The molecule has 5 N–H and O–H groups in total. The number of rotatable bonds is 6. The quantitative estimate of drug-likeness (QED) is 0.766. The first-order valence-electron chi connectivity index (χ1n) is 7.76. The van der Waals surface area contributed by atoms with Crippen molar-refractivity contribution in [2.75, 3.05) is 6.54 Å². The molecule has 2 aromatic carbocycles. The number of fused-ring (bicyclic) bond motifs is 1. The van der Waals surface area contributed by atoms with Crippen LogP contribution in [0.3, 0.4) is 0 Å². The van der Waals surface area contributed by atoms with Gasteiger partial charge in [0.15, 0.2) is 0 Å². The average molecular weight is 299 g/mol. The van der Waals surface area contributed by atoms with Gasteiger partial charge < -0.3 is 16.8 Å².